The Morgan fingerprint density at radius 3 is 2.60 bits per heavy atom. The van der Waals surface area contributed by atoms with Gasteiger partial charge in [-0.2, -0.15) is 0 Å². The first-order chi connectivity index (χ1) is 12.1. The molecule has 0 bridgehead atoms. The molecule has 1 aliphatic rings. The monoisotopic (exact) mass is 332 g/mol. The van der Waals surface area contributed by atoms with Gasteiger partial charge in [-0.1, -0.05) is 50.2 Å². The van der Waals surface area contributed by atoms with Crippen molar-refractivity contribution in [2.24, 2.45) is 5.92 Å². The van der Waals surface area contributed by atoms with Crippen LogP contribution in [0.2, 0.25) is 0 Å². The first kappa shape index (κ1) is 15.9. The number of para-hydroxylation sites is 1. The molecule has 2 heterocycles. The molecule has 1 N–H and O–H groups in total. The van der Waals surface area contributed by atoms with Crippen molar-refractivity contribution in [1.29, 1.82) is 0 Å². The lowest BCUT2D eigenvalue weighted by atomic mass is 9.95. The average molecular weight is 332 g/mol. The number of benzene rings is 2. The van der Waals surface area contributed by atoms with Gasteiger partial charge >= 0.3 is 0 Å². The molecule has 0 fully saturated rings. The molecule has 25 heavy (non-hydrogen) atoms. The van der Waals surface area contributed by atoms with Gasteiger partial charge in [0.2, 0.25) is 0 Å². The Labute approximate surface area is 148 Å². The van der Waals surface area contributed by atoms with Crippen molar-refractivity contribution in [2.75, 3.05) is 6.54 Å². The number of nitrogens with one attached hydrogen (secondary N) is 1. The molecule has 1 amide bonds. The van der Waals surface area contributed by atoms with Gasteiger partial charge in [0.15, 0.2) is 0 Å². The predicted molar refractivity (Wildman–Crippen MR) is 102 cm³/mol. The fourth-order valence-electron chi connectivity index (χ4n) is 3.96. The van der Waals surface area contributed by atoms with Gasteiger partial charge in [-0.15, -0.1) is 0 Å². The minimum absolute atomic E-state index is 0.00130. The van der Waals surface area contributed by atoms with E-state index in [1.54, 1.807) is 0 Å². The molecule has 0 aliphatic carbocycles. The zero-order chi connectivity index (χ0) is 17.6. The van der Waals surface area contributed by atoms with E-state index in [1.807, 2.05) is 24.3 Å². The van der Waals surface area contributed by atoms with Gasteiger partial charge in [-0.05, 0) is 37.0 Å². The molecule has 1 aromatic heterocycles. The molecule has 0 spiro atoms. The number of hydrogen-bond donors (Lipinski definition) is 1. The van der Waals surface area contributed by atoms with E-state index >= 15 is 0 Å². The smallest absolute Gasteiger partial charge is 0.255 e. The summed E-state index contributed by atoms with van der Waals surface area (Å²) >= 11 is 0. The predicted octanol–water partition coefficient (Wildman–Crippen LogP) is 5.07. The average Bonchev–Trinajstić information content (AvgIpc) is 3.07. The highest BCUT2D eigenvalue weighted by Crippen LogP contribution is 2.42. The van der Waals surface area contributed by atoms with Crippen LogP contribution in [0.4, 0.5) is 0 Å². The summed E-state index contributed by atoms with van der Waals surface area (Å²) in [4.78, 5) is 18.6. The number of aryl methyl sites for hydroxylation is 1. The number of amides is 1. The van der Waals surface area contributed by atoms with E-state index in [9.17, 15) is 4.79 Å². The van der Waals surface area contributed by atoms with Crippen LogP contribution in [0, 0.1) is 12.8 Å². The second kappa shape index (κ2) is 6.07. The van der Waals surface area contributed by atoms with Crippen LogP contribution < -0.4 is 0 Å². The molecular formula is C22H24N2O. The molecule has 1 aliphatic heterocycles. The van der Waals surface area contributed by atoms with Crippen LogP contribution in [0.5, 0.6) is 0 Å². The Bertz CT molecular complexity index is 938. The first-order valence-electron chi connectivity index (χ1n) is 9.05. The number of nitrogens with zero attached hydrogens (tertiary/aromatic N) is 1. The zero-order valence-corrected chi connectivity index (χ0v) is 15.0. The van der Waals surface area contributed by atoms with Crippen molar-refractivity contribution < 1.29 is 4.79 Å². The third-order valence-electron chi connectivity index (χ3n) is 5.22. The summed E-state index contributed by atoms with van der Waals surface area (Å²) in [7, 11) is 0. The summed E-state index contributed by atoms with van der Waals surface area (Å²) < 4.78 is 0. The van der Waals surface area contributed by atoms with E-state index in [0.717, 1.165) is 35.3 Å². The van der Waals surface area contributed by atoms with E-state index in [0.29, 0.717) is 5.92 Å². The highest BCUT2D eigenvalue weighted by atomic mass is 16.2. The quantitative estimate of drug-likeness (QED) is 0.711. The van der Waals surface area contributed by atoms with Crippen molar-refractivity contribution in [2.45, 2.75) is 33.2 Å². The topological polar surface area (TPSA) is 36.1 Å². The van der Waals surface area contributed by atoms with Crippen LogP contribution in [0.1, 0.15) is 53.5 Å². The Morgan fingerprint density at radius 2 is 1.80 bits per heavy atom. The van der Waals surface area contributed by atoms with Crippen LogP contribution in [0.15, 0.2) is 48.5 Å². The number of aromatic nitrogens is 1. The minimum Gasteiger partial charge on any atom is -0.358 e. The summed E-state index contributed by atoms with van der Waals surface area (Å²) in [5.74, 6) is 0.729. The van der Waals surface area contributed by atoms with E-state index < -0.39 is 0 Å². The summed E-state index contributed by atoms with van der Waals surface area (Å²) in [6, 6.07) is 16.4. The third kappa shape index (κ3) is 2.55. The van der Waals surface area contributed by atoms with Crippen LogP contribution in [-0.2, 0) is 0 Å². The standard InChI is InChI=1S/C22H24N2O/c1-14(2)12-13-24-21(16-8-4-5-9-17(16)22(24)25)20-15(3)23-19-11-7-6-10-18(19)20/h4-11,14,21,23H,12-13H2,1-3H3. The molecule has 0 saturated heterocycles. The fraction of sp³-hybridized carbons (Fsp3) is 0.318. The molecular weight excluding hydrogens is 308 g/mol. The minimum atomic E-state index is -0.00130. The maximum Gasteiger partial charge on any atom is 0.255 e. The number of carbonyl (C=O) groups is 1. The van der Waals surface area contributed by atoms with Gasteiger partial charge in [0.25, 0.3) is 5.91 Å². The van der Waals surface area contributed by atoms with Crippen molar-refractivity contribution in [3.05, 3.63) is 70.9 Å². The van der Waals surface area contributed by atoms with Crippen molar-refractivity contribution in [3.63, 3.8) is 0 Å². The zero-order valence-electron chi connectivity index (χ0n) is 15.0. The van der Waals surface area contributed by atoms with E-state index in [2.05, 4.69) is 54.9 Å². The fourth-order valence-corrected chi connectivity index (χ4v) is 3.96. The van der Waals surface area contributed by atoms with Crippen LogP contribution in [-0.4, -0.2) is 22.3 Å². The molecule has 0 saturated carbocycles. The Kier molecular flexibility index (Phi) is 3.87. The molecule has 3 aromatic rings. The number of aromatic amines is 1. The third-order valence-corrected chi connectivity index (χ3v) is 5.22. The Balaban J connectivity index is 1.89. The molecule has 1 unspecified atom stereocenters. The summed E-state index contributed by atoms with van der Waals surface area (Å²) in [6.45, 7) is 7.31. The molecule has 4 rings (SSSR count). The highest BCUT2D eigenvalue weighted by molar-refractivity contribution is 6.01. The Hall–Kier alpha value is -2.55. The van der Waals surface area contributed by atoms with E-state index in [4.69, 9.17) is 0 Å². The number of H-pyrrole nitrogens is 1. The van der Waals surface area contributed by atoms with Crippen molar-refractivity contribution >= 4 is 16.8 Å². The van der Waals surface area contributed by atoms with E-state index in [1.165, 1.54) is 10.9 Å². The van der Waals surface area contributed by atoms with Gasteiger partial charge < -0.3 is 9.88 Å². The summed E-state index contributed by atoms with van der Waals surface area (Å²) in [5, 5.41) is 1.21. The van der Waals surface area contributed by atoms with Crippen molar-refractivity contribution in [3.8, 4) is 0 Å². The summed E-state index contributed by atoms with van der Waals surface area (Å²) in [6.07, 6.45) is 1.01. The van der Waals surface area contributed by atoms with E-state index in [-0.39, 0.29) is 11.9 Å². The Morgan fingerprint density at radius 1 is 1.08 bits per heavy atom. The van der Waals surface area contributed by atoms with Crippen LogP contribution in [0.3, 0.4) is 0 Å². The molecule has 0 radical (unpaired) electrons. The molecule has 3 nitrogen and oxygen atoms in total. The lowest BCUT2D eigenvalue weighted by Gasteiger charge is -2.27. The van der Waals surface area contributed by atoms with Gasteiger partial charge in [0.1, 0.15) is 0 Å². The maximum atomic E-state index is 13.1. The molecule has 1 atom stereocenters. The van der Waals surface area contributed by atoms with Crippen LogP contribution in [0.25, 0.3) is 10.9 Å². The van der Waals surface area contributed by atoms with Gasteiger partial charge in [-0.3, -0.25) is 4.79 Å². The molecule has 2 aromatic carbocycles. The second-order valence-corrected chi connectivity index (χ2v) is 7.38. The lowest BCUT2D eigenvalue weighted by molar-refractivity contribution is 0.0742. The normalized spacial score (nSPS) is 16.9. The maximum absolute atomic E-state index is 13.1. The van der Waals surface area contributed by atoms with Crippen LogP contribution >= 0.6 is 0 Å². The number of hydrogen-bond acceptors (Lipinski definition) is 1. The molecule has 128 valence electrons. The lowest BCUT2D eigenvalue weighted by Crippen LogP contribution is -2.30. The highest BCUT2D eigenvalue weighted by Gasteiger charge is 2.39. The van der Waals surface area contributed by atoms with Gasteiger partial charge in [-0.25, -0.2) is 0 Å². The first-order valence-corrected chi connectivity index (χ1v) is 9.05. The van der Waals surface area contributed by atoms with Gasteiger partial charge in [0, 0.05) is 34.3 Å². The van der Waals surface area contributed by atoms with Crippen molar-refractivity contribution in [1.82, 2.24) is 9.88 Å². The number of fused-ring (bicyclic) bond motifs is 2. The summed E-state index contributed by atoms with van der Waals surface area (Å²) in [5.41, 5.74) is 5.49. The van der Waals surface area contributed by atoms with Gasteiger partial charge in [0.05, 0.1) is 6.04 Å². The largest absolute Gasteiger partial charge is 0.358 e. The number of rotatable bonds is 4. The second-order valence-electron chi connectivity index (χ2n) is 7.38. The molecule has 3 heteroatoms. The number of carbonyl (C=O) groups excluding carboxylic acids is 1. The SMILES string of the molecule is Cc1[nH]c2ccccc2c1C1c2ccccc2C(=O)N1CCC(C)C.